The molecule has 94 valence electrons. The molecule has 0 aliphatic heterocycles. The Labute approximate surface area is 106 Å². The first-order valence-electron chi connectivity index (χ1n) is 7.40. The Morgan fingerprint density at radius 3 is 2.29 bits per heavy atom. The zero-order valence-corrected chi connectivity index (χ0v) is 11.2. The van der Waals surface area contributed by atoms with Crippen molar-refractivity contribution in [1.29, 1.82) is 0 Å². The molecule has 0 bridgehead atoms. The van der Waals surface area contributed by atoms with Crippen LogP contribution in [0.15, 0.2) is 30.3 Å². The van der Waals surface area contributed by atoms with Crippen molar-refractivity contribution in [3.63, 3.8) is 0 Å². The second-order valence-electron chi connectivity index (χ2n) is 5.75. The molecule has 1 unspecified atom stereocenters. The van der Waals surface area contributed by atoms with Gasteiger partial charge in [-0.1, -0.05) is 75.8 Å². The monoisotopic (exact) mass is 230 g/mol. The van der Waals surface area contributed by atoms with Crippen LogP contribution >= 0.6 is 0 Å². The second kappa shape index (κ2) is 6.83. The predicted octanol–water partition coefficient (Wildman–Crippen LogP) is 5.23. The summed E-state index contributed by atoms with van der Waals surface area (Å²) < 4.78 is 0. The highest BCUT2D eigenvalue weighted by atomic mass is 14.2. The average Bonchev–Trinajstić information content (AvgIpc) is 2.66. The van der Waals surface area contributed by atoms with Crippen LogP contribution in [0.2, 0.25) is 0 Å². The molecule has 2 rings (SSSR count). The molecule has 0 heterocycles. The Balaban J connectivity index is 1.78. The third kappa shape index (κ3) is 4.18. The van der Waals surface area contributed by atoms with Crippen molar-refractivity contribution in [1.82, 2.24) is 0 Å². The highest BCUT2D eigenvalue weighted by Crippen LogP contribution is 2.31. The van der Waals surface area contributed by atoms with Gasteiger partial charge >= 0.3 is 0 Å². The van der Waals surface area contributed by atoms with Crippen molar-refractivity contribution in [2.24, 2.45) is 11.8 Å². The lowest BCUT2D eigenvalue weighted by molar-refractivity contribution is 0.303. The summed E-state index contributed by atoms with van der Waals surface area (Å²) in [5, 5.41) is 0. The molecular formula is C17H26. The van der Waals surface area contributed by atoms with E-state index in [-0.39, 0.29) is 0 Å². The molecule has 0 nitrogen and oxygen atoms in total. The fourth-order valence-electron chi connectivity index (χ4n) is 3.15. The van der Waals surface area contributed by atoms with E-state index in [1.807, 2.05) is 0 Å². The van der Waals surface area contributed by atoms with E-state index in [2.05, 4.69) is 37.3 Å². The minimum atomic E-state index is 0.910. The predicted molar refractivity (Wildman–Crippen MR) is 75.1 cm³/mol. The standard InChI is InChI=1S/C17H26/c1-15(17-11-7-2-3-8-12-17)13-14-16-9-5-4-6-10-16/h4-6,9-10,15,17H,2-3,7-8,11-14H2,1H3. The zero-order chi connectivity index (χ0) is 11.9. The van der Waals surface area contributed by atoms with Crippen LogP contribution in [-0.4, -0.2) is 0 Å². The molecule has 0 aromatic heterocycles. The first-order chi connectivity index (χ1) is 8.36. The van der Waals surface area contributed by atoms with E-state index in [4.69, 9.17) is 0 Å². The quantitative estimate of drug-likeness (QED) is 0.622. The number of aryl methyl sites for hydroxylation is 1. The van der Waals surface area contributed by atoms with Gasteiger partial charge in [0.25, 0.3) is 0 Å². The summed E-state index contributed by atoms with van der Waals surface area (Å²) in [4.78, 5) is 0. The Bertz CT molecular complexity index is 293. The number of hydrogen-bond acceptors (Lipinski definition) is 0. The van der Waals surface area contributed by atoms with Crippen molar-refractivity contribution < 1.29 is 0 Å². The van der Waals surface area contributed by atoms with Crippen LogP contribution in [-0.2, 0) is 6.42 Å². The van der Waals surface area contributed by atoms with Crippen molar-refractivity contribution >= 4 is 0 Å². The van der Waals surface area contributed by atoms with E-state index in [1.54, 1.807) is 0 Å². The average molecular weight is 230 g/mol. The molecule has 0 radical (unpaired) electrons. The molecule has 0 N–H and O–H groups in total. The van der Waals surface area contributed by atoms with E-state index < -0.39 is 0 Å². The summed E-state index contributed by atoms with van der Waals surface area (Å²) >= 11 is 0. The molecule has 0 spiro atoms. The lowest BCUT2D eigenvalue weighted by Gasteiger charge is -2.22. The van der Waals surface area contributed by atoms with Crippen LogP contribution in [0.25, 0.3) is 0 Å². The first kappa shape index (κ1) is 12.7. The normalized spacial score (nSPS) is 19.8. The molecule has 1 saturated carbocycles. The Morgan fingerprint density at radius 2 is 1.65 bits per heavy atom. The van der Waals surface area contributed by atoms with E-state index in [0.717, 1.165) is 11.8 Å². The van der Waals surface area contributed by atoms with Crippen molar-refractivity contribution in [3.8, 4) is 0 Å². The van der Waals surface area contributed by atoms with Gasteiger partial charge in [0.2, 0.25) is 0 Å². The third-order valence-electron chi connectivity index (χ3n) is 4.44. The number of rotatable bonds is 4. The van der Waals surface area contributed by atoms with Gasteiger partial charge in [-0.3, -0.25) is 0 Å². The maximum Gasteiger partial charge on any atom is -0.0276 e. The van der Waals surface area contributed by atoms with Crippen LogP contribution in [0.3, 0.4) is 0 Å². The van der Waals surface area contributed by atoms with Crippen LogP contribution in [0.5, 0.6) is 0 Å². The summed E-state index contributed by atoms with van der Waals surface area (Å²) in [5.41, 5.74) is 1.51. The van der Waals surface area contributed by atoms with E-state index in [9.17, 15) is 0 Å². The highest BCUT2D eigenvalue weighted by Gasteiger charge is 2.18. The van der Waals surface area contributed by atoms with Gasteiger partial charge in [-0.2, -0.15) is 0 Å². The van der Waals surface area contributed by atoms with Crippen molar-refractivity contribution in [3.05, 3.63) is 35.9 Å². The van der Waals surface area contributed by atoms with Gasteiger partial charge in [0, 0.05) is 0 Å². The van der Waals surface area contributed by atoms with Gasteiger partial charge in [0.1, 0.15) is 0 Å². The van der Waals surface area contributed by atoms with Crippen LogP contribution < -0.4 is 0 Å². The minimum absolute atomic E-state index is 0.910. The second-order valence-corrected chi connectivity index (χ2v) is 5.75. The lowest BCUT2D eigenvalue weighted by Crippen LogP contribution is -2.11. The molecule has 0 amide bonds. The Hall–Kier alpha value is -0.780. The van der Waals surface area contributed by atoms with Gasteiger partial charge < -0.3 is 0 Å². The molecular weight excluding hydrogens is 204 g/mol. The van der Waals surface area contributed by atoms with Crippen LogP contribution in [0.4, 0.5) is 0 Å². The summed E-state index contributed by atoms with van der Waals surface area (Å²) in [7, 11) is 0. The topological polar surface area (TPSA) is 0 Å². The fraction of sp³-hybridized carbons (Fsp3) is 0.647. The Morgan fingerprint density at radius 1 is 1.00 bits per heavy atom. The zero-order valence-electron chi connectivity index (χ0n) is 11.2. The Kier molecular flexibility index (Phi) is 5.09. The molecule has 0 saturated heterocycles. The van der Waals surface area contributed by atoms with Crippen LogP contribution in [0.1, 0.15) is 57.4 Å². The molecule has 17 heavy (non-hydrogen) atoms. The summed E-state index contributed by atoms with van der Waals surface area (Å²) in [5.74, 6) is 1.91. The molecule has 1 aliphatic rings. The molecule has 1 fully saturated rings. The minimum Gasteiger partial charge on any atom is -0.0622 e. The number of benzene rings is 1. The summed E-state index contributed by atoms with van der Waals surface area (Å²) in [6, 6.07) is 11.0. The lowest BCUT2D eigenvalue weighted by atomic mass is 9.84. The van der Waals surface area contributed by atoms with Gasteiger partial charge in [-0.25, -0.2) is 0 Å². The highest BCUT2D eigenvalue weighted by molar-refractivity contribution is 5.14. The van der Waals surface area contributed by atoms with Crippen LogP contribution in [0, 0.1) is 11.8 Å². The fourth-order valence-corrected chi connectivity index (χ4v) is 3.15. The number of hydrogen-bond donors (Lipinski definition) is 0. The molecule has 1 aromatic rings. The van der Waals surface area contributed by atoms with Crippen molar-refractivity contribution in [2.75, 3.05) is 0 Å². The van der Waals surface area contributed by atoms with Gasteiger partial charge in [-0.05, 0) is 30.2 Å². The molecule has 1 atom stereocenters. The summed E-state index contributed by atoms with van der Waals surface area (Å²) in [6.45, 7) is 2.47. The molecule has 0 heteroatoms. The van der Waals surface area contributed by atoms with Crippen molar-refractivity contribution in [2.45, 2.75) is 58.3 Å². The van der Waals surface area contributed by atoms with Gasteiger partial charge in [-0.15, -0.1) is 0 Å². The first-order valence-corrected chi connectivity index (χ1v) is 7.40. The summed E-state index contributed by atoms with van der Waals surface area (Å²) in [6.07, 6.45) is 11.5. The van der Waals surface area contributed by atoms with Gasteiger partial charge in [0.15, 0.2) is 0 Å². The van der Waals surface area contributed by atoms with E-state index >= 15 is 0 Å². The smallest absolute Gasteiger partial charge is 0.0276 e. The van der Waals surface area contributed by atoms with E-state index in [1.165, 1.54) is 56.9 Å². The maximum atomic E-state index is 2.47. The molecule has 1 aromatic carbocycles. The van der Waals surface area contributed by atoms with E-state index in [0.29, 0.717) is 0 Å². The van der Waals surface area contributed by atoms with Gasteiger partial charge in [0.05, 0.1) is 0 Å². The molecule has 1 aliphatic carbocycles. The SMILES string of the molecule is CC(CCc1ccccc1)C1CCCCCC1. The largest absolute Gasteiger partial charge is 0.0622 e. The third-order valence-corrected chi connectivity index (χ3v) is 4.44. The maximum absolute atomic E-state index is 2.47.